The predicted octanol–water partition coefficient (Wildman–Crippen LogP) is 0.268. The number of aromatic nitrogens is 3. The minimum Gasteiger partial charge on any atom is -0.477 e. The lowest BCUT2D eigenvalue weighted by Gasteiger charge is -1.97. The summed E-state index contributed by atoms with van der Waals surface area (Å²) in [6.07, 6.45) is 0. The van der Waals surface area contributed by atoms with Crippen molar-refractivity contribution in [2.24, 2.45) is 7.05 Å². The van der Waals surface area contributed by atoms with Crippen LogP contribution in [0.3, 0.4) is 0 Å². The molecule has 0 fully saturated rings. The molecule has 2 aromatic heterocycles. The quantitative estimate of drug-likeness (QED) is 0.702. The lowest BCUT2D eigenvalue weighted by molar-refractivity contribution is 0.0690. The molecule has 0 saturated heterocycles. The molecular formula is C9H9N3O3. The molecule has 2 aromatic rings. The third-order valence-corrected chi connectivity index (χ3v) is 2.23. The minimum absolute atomic E-state index is 0.129. The zero-order chi connectivity index (χ0) is 11.2. The molecule has 15 heavy (non-hydrogen) atoms. The van der Waals surface area contributed by atoms with Gasteiger partial charge >= 0.3 is 5.97 Å². The highest BCUT2D eigenvalue weighted by molar-refractivity contribution is 5.89. The molecule has 6 nitrogen and oxygen atoms in total. The van der Waals surface area contributed by atoms with Crippen molar-refractivity contribution in [1.82, 2.24) is 14.8 Å². The maximum absolute atomic E-state index is 11.6. The van der Waals surface area contributed by atoms with E-state index in [0.29, 0.717) is 16.7 Å². The molecular weight excluding hydrogens is 198 g/mol. The number of nitrogens with one attached hydrogen (secondary N) is 1. The first kappa shape index (κ1) is 9.45. The molecule has 0 aliphatic carbocycles. The van der Waals surface area contributed by atoms with Gasteiger partial charge in [0.15, 0.2) is 5.43 Å². The van der Waals surface area contributed by atoms with Crippen molar-refractivity contribution < 1.29 is 9.90 Å². The minimum atomic E-state index is -1.16. The summed E-state index contributed by atoms with van der Waals surface area (Å²) in [6.45, 7) is 1.71. The van der Waals surface area contributed by atoms with Crippen molar-refractivity contribution in [3.05, 3.63) is 27.7 Å². The van der Waals surface area contributed by atoms with Crippen LogP contribution in [0, 0.1) is 6.92 Å². The Morgan fingerprint density at radius 3 is 2.87 bits per heavy atom. The summed E-state index contributed by atoms with van der Waals surface area (Å²) in [5.41, 5.74) is 0.560. The zero-order valence-corrected chi connectivity index (χ0v) is 8.24. The largest absolute Gasteiger partial charge is 0.477 e. The van der Waals surface area contributed by atoms with Crippen molar-refractivity contribution in [3.63, 3.8) is 0 Å². The van der Waals surface area contributed by atoms with E-state index < -0.39 is 5.97 Å². The summed E-state index contributed by atoms with van der Waals surface area (Å²) >= 11 is 0. The summed E-state index contributed by atoms with van der Waals surface area (Å²) < 4.78 is 1.46. The monoisotopic (exact) mass is 207 g/mol. The van der Waals surface area contributed by atoms with E-state index in [1.54, 1.807) is 14.0 Å². The van der Waals surface area contributed by atoms with Crippen LogP contribution in [0.2, 0.25) is 0 Å². The van der Waals surface area contributed by atoms with Gasteiger partial charge in [0.1, 0.15) is 11.3 Å². The summed E-state index contributed by atoms with van der Waals surface area (Å²) in [4.78, 5) is 25.0. The van der Waals surface area contributed by atoms with Gasteiger partial charge in [0, 0.05) is 13.1 Å². The number of hydrogen-bond donors (Lipinski definition) is 2. The second-order valence-corrected chi connectivity index (χ2v) is 3.29. The average Bonchev–Trinajstić information content (AvgIpc) is 2.42. The summed E-state index contributed by atoms with van der Waals surface area (Å²) in [5.74, 6) is -1.16. The Kier molecular flexibility index (Phi) is 1.85. The molecule has 0 amide bonds. The van der Waals surface area contributed by atoms with Crippen LogP contribution in [0.1, 0.15) is 16.2 Å². The Bertz CT molecular complexity index is 609. The molecule has 0 radical (unpaired) electrons. The number of nitrogens with zero attached hydrogens (tertiary/aromatic N) is 2. The fourth-order valence-electron chi connectivity index (χ4n) is 1.58. The van der Waals surface area contributed by atoms with E-state index in [1.165, 1.54) is 4.68 Å². The van der Waals surface area contributed by atoms with Crippen LogP contribution in [-0.4, -0.2) is 25.8 Å². The van der Waals surface area contributed by atoms with Gasteiger partial charge < -0.3 is 10.1 Å². The number of aromatic amines is 1. The van der Waals surface area contributed by atoms with E-state index in [9.17, 15) is 9.59 Å². The van der Waals surface area contributed by atoms with E-state index in [1.807, 2.05) is 0 Å². The lowest BCUT2D eigenvalue weighted by Crippen LogP contribution is -2.10. The molecule has 6 heteroatoms. The van der Waals surface area contributed by atoms with Crippen molar-refractivity contribution in [2.45, 2.75) is 6.92 Å². The number of carboxylic acids is 1. The number of fused-ring (bicyclic) bond motifs is 1. The van der Waals surface area contributed by atoms with Gasteiger partial charge in [0.2, 0.25) is 0 Å². The maximum atomic E-state index is 11.6. The highest BCUT2D eigenvalue weighted by atomic mass is 16.4. The van der Waals surface area contributed by atoms with Gasteiger partial charge in [0.25, 0.3) is 0 Å². The Morgan fingerprint density at radius 1 is 1.60 bits per heavy atom. The van der Waals surface area contributed by atoms with E-state index in [-0.39, 0.29) is 11.1 Å². The summed E-state index contributed by atoms with van der Waals surface area (Å²) in [5, 5.41) is 13.2. The van der Waals surface area contributed by atoms with Crippen molar-refractivity contribution in [3.8, 4) is 0 Å². The van der Waals surface area contributed by atoms with E-state index in [4.69, 9.17) is 5.11 Å². The number of hydrogen-bond acceptors (Lipinski definition) is 3. The van der Waals surface area contributed by atoms with Crippen LogP contribution in [-0.2, 0) is 7.05 Å². The van der Waals surface area contributed by atoms with Crippen LogP contribution in [0.5, 0.6) is 0 Å². The van der Waals surface area contributed by atoms with Crippen LogP contribution in [0.15, 0.2) is 10.9 Å². The van der Waals surface area contributed by atoms with Gasteiger partial charge in [-0.05, 0) is 6.92 Å². The molecule has 0 unspecified atom stereocenters. The summed E-state index contributed by atoms with van der Waals surface area (Å²) in [6, 6.07) is 1.07. The first-order valence-electron chi connectivity index (χ1n) is 4.30. The Labute approximate surface area is 84.2 Å². The van der Waals surface area contributed by atoms with Crippen molar-refractivity contribution in [2.75, 3.05) is 0 Å². The molecule has 0 saturated carbocycles. The molecule has 0 bridgehead atoms. The van der Waals surface area contributed by atoms with Crippen LogP contribution in [0.25, 0.3) is 11.0 Å². The van der Waals surface area contributed by atoms with Gasteiger partial charge in [-0.1, -0.05) is 0 Å². The zero-order valence-electron chi connectivity index (χ0n) is 8.24. The average molecular weight is 207 g/mol. The predicted molar refractivity (Wildman–Crippen MR) is 53.0 cm³/mol. The number of aromatic carboxylic acids is 1. The second kappa shape index (κ2) is 2.94. The van der Waals surface area contributed by atoms with Gasteiger partial charge in [-0.2, -0.15) is 5.10 Å². The molecule has 2 rings (SSSR count). The van der Waals surface area contributed by atoms with E-state index in [0.717, 1.165) is 6.07 Å². The SMILES string of the molecule is Cc1nn(C)c2[nH]c(C(=O)O)cc(=O)c12. The van der Waals surface area contributed by atoms with Crippen LogP contribution < -0.4 is 5.43 Å². The fraction of sp³-hybridized carbons (Fsp3) is 0.222. The molecule has 0 atom stereocenters. The number of carboxylic acid groups (broad SMARTS) is 1. The molecule has 0 aliphatic heterocycles. The van der Waals surface area contributed by atoms with Gasteiger partial charge in [-0.15, -0.1) is 0 Å². The summed E-state index contributed by atoms with van der Waals surface area (Å²) in [7, 11) is 1.65. The molecule has 2 N–H and O–H groups in total. The molecule has 0 spiro atoms. The standard InChI is InChI=1S/C9H9N3O3/c1-4-7-6(13)3-5(9(14)15)10-8(7)12(2)11-4/h3H,1-2H3,(H,10,13)(H,14,15). The Balaban J connectivity index is 2.94. The van der Waals surface area contributed by atoms with E-state index >= 15 is 0 Å². The molecule has 2 heterocycles. The molecule has 0 aliphatic rings. The number of pyridine rings is 1. The smallest absolute Gasteiger partial charge is 0.352 e. The van der Waals surface area contributed by atoms with Crippen LogP contribution >= 0.6 is 0 Å². The first-order chi connectivity index (χ1) is 7.00. The maximum Gasteiger partial charge on any atom is 0.352 e. The highest BCUT2D eigenvalue weighted by Gasteiger charge is 2.13. The number of carbonyl (C=O) groups is 1. The Hall–Kier alpha value is -2.11. The third kappa shape index (κ3) is 1.30. The van der Waals surface area contributed by atoms with E-state index in [2.05, 4.69) is 10.1 Å². The van der Waals surface area contributed by atoms with Gasteiger partial charge in [-0.3, -0.25) is 9.48 Å². The van der Waals surface area contributed by atoms with Crippen molar-refractivity contribution >= 4 is 17.0 Å². The van der Waals surface area contributed by atoms with Gasteiger partial charge in [-0.25, -0.2) is 4.79 Å². The van der Waals surface area contributed by atoms with Crippen molar-refractivity contribution in [1.29, 1.82) is 0 Å². The fourth-order valence-corrected chi connectivity index (χ4v) is 1.58. The number of rotatable bonds is 1. The molecule has 78 valence electrons. The third-order valence-electron chi connectivity index (χ3n) is 2.23. The number of aryl methyl sites for hydroxylation is 2. The second-order valence-electron chi connectivity index (χ2n) is 3.29. The highest BCUT2D eigenvalue weighted by Crippen LogP contribution is 2.10. The topological polar surface area (TPSA) is 88.0 Å². The Morgan fingerprint density at radius 2 is 2.27 bits per heavy atom. The van der Waals surface area contributed by atoms with Crippen LogP contribution in [0.4, 0.5) is 0 Å². The number of H-pyrrole nitrogens is 1. The lowest BCUT2D eigenvalue weighted by atomic mass is 10.2. The first-order valence-corrected chi connectivity index (χ1v) is 4.30. The normalized spacial score (nSPS) is 10.8. The molecule has 0 aromatic carbocycles. The van der Waals surface area contributed by atoms with Gasteiger partial charge in [0.05, 0.1) is 11.1 Å².